The van der Waals surface area contributed by atoms with Gasteiger partial charge in [0.05, 0.1) is 0 Å². The van der Waals surface area contributed by atoms with Gasteiger partial charge in [-0.15, -0.1) is 0 Å². The third-order valence-electron chi connectivity index (χ3n) is 3.74. The number of nitrogens with zero attached hydrogens (tertiary/aromatic N) is 2. The van der Waals surface area contributed by atoms with Crippen LogP contribution in [-0.2, 0) is 7.05 Å². The van der Waals surface area contributed by atoms with E-state index in [0.717, 1.165) is 22.6 Å². The molecule has 0 aliphatic carbocycles. The molecular weight excluding hydrogens is 260 g/mol. The molecule has 4 aromatic rings. The van der Waals surface area contributed by atoms with Crippen molar-refractivity contribution in [3.63, 3.8) is 0 Å². The summed E-state index contributed by atoms with van der Waals surface area (Å²) in [7, 11) is 2.04. The van der Waals surface area contributed by atoms with Gasteiger partial charge in [-0.1, -0.05) is 53.7 Å². The summed E-state index contributed by atoms with van der Waals surface area (Å²) in [4.78, 5) is 0. The van der Waals surface area contributed by atoms with Crippen LogP contribution in [0.25, 0.3) is 33.5 Å². The Bertz CT molecular complexity index is 903. The van der Waals surface area contributed by atoms with Crippen LogP contribution in [0, 0.1) is 0 Å². The zero-order valence-electron chi connectivity index (χ0n) is 11.7. The summed E-state index contributed by atoms with van der Waals surface area (Å²) in [5.41, 5.74) is 4.18. The van der Waals surface area contributed by atoms with Crippen molar-refractivity contribution in [2.75, 3.05) is 0 Å². The summed E-state index contributed by atoms with van der Waals surface area (Å²) in [6, 6.07) is 20.4. The second kappa shape index (κ2) is 4.63. The van der Waals surface area contributed by atoms with E-state index in [0.29, 0.717) is 0 Å². The van der Waals surface area contributed by atoms with Crippen molar-refractivity contribution >= 4 is 10.9 Å². The van der Waals surface area contributed by atoms with E-state index in [1.165, 1.54) is 10.9 Å². The average Bonchev–Trinajstić information content (AvgIpc) is 3.14. The van der Waals surface area contributed by atoms with Crippen LogP contribution < -0.4 is 0 Å². The van der Waals surface area contributed by atoms with Gasteiger partial charge in [-0.3, -0.25) is 0 Å². The van der Waals surface area contributed by atoms with Gasteiger partial charge in [0, 0.05) is 41.3 Å². The van der Waals surface area contributed by atoms with E-state index in [4.69, 9.17) is 4.52 Å². The minimum Gasteiger partial charge on any atom is -0.356 e. The van der Waals surface area contributed by atoms with Crippen LogP contribution in [0.1, 0.15) is 0 Å². The topological polar surface area (TPSA) is 31.0 Å². The molecule has 0 fully saturated rings. The van der Waals surface area contributed by atoms with Crippen molar-refractivity contribution < 1.29 is 4.52 Å². The molecule has 0 bridgehead atoms. The van der Waals surface area contributed by atoms with E-state index in [9.17, 15) is 0 Å². The van der Waals surface area contributed by atoms with E-state index >= 15 is 0 Å². The van der Waals surface area contributed by atoms with Crippen molar-refractivity contribution in [2.24, 2.45) is 7.05 Å². The molecule has 0 radical (unpaired) electrons. The second-order valence-electron chi connectivity index (χ2n) is 5.11. The molecule has 0 spiro atoms. The number of aryl methyl sites for hydroxylation is 1. The van der Waals surface area contributed by atoms with Gasteiger partial charge in [0.2, 0.25) is 0 Å². The van der Waals surface area contributed by atoms with Crippen molar-refractivity contribution in [3.8, 4) is 22.6 Å². The van der Waals surface area contributed by atoms with Gasteiger partial charge in [0.1, 0.15) is 5.69 Å². The highest BCUT2D eigenvalue weighted by Gasteiger charge is 2.13. The second-order valence-corrected chi connectivity index (χ2v) is 5.11. The molecule has 0 N–H and O–H groups in total. The zero-order valence-corrected chi connectivity index (χ0v) is 11.7. The highest BCUT2D eigenvalue weighted by atomic mass is 16.5. The van der Waals surface area contributed by atoms with Crippen LogP contribution >= 0.6 is 0 Å². The predicted molar refractivity (Wildman–Crippen MR) is 83.9 cm³/mol. The Morgan fingerprint density at radius 2 is 1.71 bits per heavy atom. The van der Waals surface area contributed by atoms with Gasteiger partial charge in [0.25, 0.3) is 0 Å². The van der Waals surface area contributed by atoms with Gasteiger partial charge in [-0.25, -0.2) is 0 Å². The molecule has 102 valence electrons. The molecule has 2 aromatic heterocycles. The van der Waals surface area contributed by atoms with E-state index in [1.807, 2.05) is 55.6 Å². The average molecular weight is 274 g/mol. The van der Waals surface area contributed by atoms with Crippen LogP contribution in [-0.4, -0.2) is 9.72 Å². The van der Waals surface area contributed by atoms with E-state index < -0.39 is 0 Å². The maximum absolute atomic E-state index is 5.56. The molecule has 3 heteroatoms. The molecule has 3 nitrogen and oxygen atoms in total. The summed E-state index contributed by atoms with van der Waals surface area (Å²) in [5, 5.41) is 5.37. The fourth-order valence-corrected chi connectivity index (χ4v) is 2.69. The van der Waals surface area contributed by atoms with Crippen LogP contribution in [0.2, 0.25) is 0 Å². The lowest BCUT2D eigenvalue weighted by molar-refractivity contribution is 0.435. The first-order valence-electron chi connectivity index (χ1n) is 6.89. The van der Waals surface area contributed by atoms with Crippen molar-refractivity contribution in [1.82, 2.24) is 9.72 Å². The Hall–Kier alpha value is -2.81. The normalized spacial score (nSPS) is 11.1. The first-order chi connectivity index (χ1) is 10.3. The maximum atomic E-state index is 5.56. The van der Waals surface area contributed by atoms with Crippen molar-refractivity contribution in [2.45, 2.75) is 0 Å². The maximum Gasteiger partial charge on any atom is 0.169 e. The van der Waals surface area contributed by atoms with Gasteiger partial charge in [0.15, 0.2) is 5.76 Å². The number of para-hydroxylation sites is 1. The molecule has 4 rings (SSSR count). The SMILES string of the molecule is Cn1cc(-c2cc(-c3ccccc3)no2)c2ccccc21. The number of hydrogen-bond donors (Lipinski definition) is 0. The van der Waals surface area contributed by atoms with Gasteiger partial charge in [-0.05, 0) is 6.07 Å². The first kappa shape index (κ1) is 12.0. The summed E-state index contributed by atoms with van der Waals surface area (Å²) >= 11 is 0. The number of benzene rings is 2. The van der Waals surface area contributed by atoms with Crippen LogP contribution in [0.5, 0.6) is 0 Å². The Balaban J connectivity index is 1.85. The Kier molecular flexibility index (Phi) is 2.64. The Morgan fingerprint density at radius 3 is 2.57 bits per heavy atom. The van der Waals surface area contributed by atoms with Gasteiger partial charge >= 0.3 is 0 Å². The minimum atomic E-state index is 0.797. The highest BCUT2D eigenvalue weighted by Crippen LogP contribution is 2.32. The number of fused-ring (bicyclic) bond motifs is 1. The Morgan fingerprint density at radius 1 is 0.952 bits per heavy atom. The Labute approximate surface area is 122 Å². The molecule has 0 unspecified atom stereocenters. The molecule has 0 amide bonds. The summed E-state index contributed by atoms with van der Waals surface area (Å²) in [5.74, 6) is 0.797. The summed E-state index contributed by atoms with van der Waals surface area (Å²) in [6.07, 6.45) is 2.08. The third-order valence-corrected chi connectivity index (χ3v) is 3.74. The monoisotopic (exact) mass is 274 g/mol. The first-order valence-corrected chi connectivity index (χ1v) is 6.89. The lowest BCUT2D eigenvalue weighted by atomic mass is 10.1. The lowest BCUT2D eigenvalue weighted by Gasteiger charge is -1.93. The predicted octanol–water partition coefficient (Wildman–Crippen LogP) is 4.50. The molecule has 21 heavy (non-hydrogen) atoms. The van der Waals surface area contributed by atoms with E-state index in [2.05, 4.69) is 28.1 Å². The van der Waals surface area contributed by atoms with E-state index in [1.54, 1.807) is 0 Å². The fraction of sp³-hybridized carbons (Fsp3) is 0.0556. The van der Waals surface area contributed by atoms with Crippen molar-refractivity contribution in [3.05, 3.63) is 66.9 Å². The zero-order chi connectivity index (χ0) is 14.2. The number of rotatable bonds is 2. The summed E-state index contributed by atoms with van der Waals surface area (Å²) < 4.78 is 7.67. The smallest absolute Gasteiger partial charge is 0.169 e. The van der Waals surface area contributed by atoms with Crippen LogP contribution in [0.15, 0.2) is 71.4 Å². The third kappa shape index (κ3) is 1.94. The summed E-state index contributed by atoms with van der Waals surface area (Å²) in [6.45, 7) is 0. The molecule has 2 heterocycles. The fourth-order valence-electron chi connectivity index (χ4n) is 2.69. The molecule has 0 saturated heterocycles. The molecule has 0 aliphatic rings. The standard InChI is InChI=1S/C18H14N2O/c1-20-12-15(14-9-5-6-10-17(14)20)18-11-16(19-21-18)13-7-3-2-4-8-13/h2-12H,1H3. The number of aromatic nitrogens is 2. The molecule has 0 saturated carbocycles. The highest BCUT2D eigenvalue weighted by molar-refractivity contribution is 5.95. The minimum absolute atomic E-state index is 0.797. The number of hydrogen-bond acceptors (Lipinski definition) is 2. The molecule has 2 aromatic carbocycles. The lowest BCUT2D eigenvalue weighted by Crippen LogP contribution is -1.81. The largest absolute Gasteiger partial charge is 0.356 e. The van der Waals surface area contributed by atoms with Crippen molar-refractivity contribution in [1.29, 1.82) is 0 Å². The van der Waals surface area contributed by atoms with Gasteiger partial charge < -0.3 is 9.09 Å². The van der Waals surface area contributed by atoms with Crippen LogP contribution in [0.3, 0.4) is 0 Å². The molecule has 0 atom stereocenters. The molecule has 0 aliphatic heterocycles. The van der Waals surface area contributed by atoms with Gasteiger partial charge in [-0.2, -0.15) is 0 Å². The molecular formula is C18H14N2O. The van der Waals surface area contributed by atoms with Crippen LogP contribution in [0.4, 0.5) is 0 Å². The van der Waals surface area contributed by atoms with E-state index in [-0.39, 0.29) is 0 Å². The quantitative estimate of drug-likeness (QED) is 0.539.